The van der Waals surface area contributed by atoms with E-state index in [9.17, 15) is 28.5 Å². The zero-order valence-corrected chi connectivity index (χ0v) is 17.8. The smallest absolute Gasteiger partial charge is 0.194 e. The summed E-state index contributed by atoms with van der Waals surface area (Å²) < 4.78 is 47.0. The topological polar surface area (TPSA) is 101 Å². The molecule has 1 fully saturated rings. The Morgan fingerprint density at radius 3 is 2.52 bits per heavy atom. The highest BCUT2D eigenvalue weighted by molar-refractivity contribution is 7.80. The highest BCUT2D eigenvalue weighted by Crippen LogP contribution is 2.53. The van der Waals surface area contributed by atoms with Crippen molar-refractivity contribution in [2.75, 3.05) is 6.61 Å². The molecule has 0 bridgehead atoms. The van der Waals surface area contributed by atoms with E-state index in [1.165, 1.54) is 6.20 Å². The number of aliphatic hydroxyl groups excluding tert-OH is 1. The lowest BCUT2D eigenvalue weighted by Gasteiger charge is -2.51. The maximum absolute atomic E-state index is 13.6. The highest BCUT2D eigenvalue weighted by Gasteiger charge is 2.64. The lowest BCUT2D eigenvalue weighted by molar-refractivity contribution is -0.243. The quantitative estimate of drug-likeness (QED) is 0.253. The average molecular weight is 494 g/mol. The Balaban J connectivity index is 1.85. The van der Waals surface area contributed by atoms with E-state index >= 15 is 0 Å². The van der Waals surface area contributed by atoms with E-state index in [4.69, 9.17) is 16.3 Å². The van der Waals surface area contributed by atoms with Crippen molar-refractivity contribution >= 4 is 35.6 Å². The van der Waals surface area contributed by atoms with Crippen molar-refractivity contribution < 1.29 is 33.2 Å². The Kier molecular flexibility index (Phi) is 5.83. The first kappa shape index (κ1) is 22.5. The van der Waals surface area contributed by atoms with Crippen molar-refractivity contribution in [3.8, 4) is 11.3 Å². The van der Waals surface area contributed by atoms with Gasteiger partial charge in [-0.3, -0.25) is 0 Å². The fourth-order valence-electron chi connectivity index (χ4n) is 3.53. The second kappa shape index (κ2) is 8.03. The Morgan fingerprint density at radius 1 is 1.26 bits per heavy atom. The zero-order valence-electron chi connectivity index (χ0n) is 15.4. The number of thiol groups is 1. The van der Waals surface area contributed by atoms with E-state index in [1.54, 1.807) is 17.5 Å². The molecular weight excluding hydrogens is 479 g/mol. The molecule has 0 spiro atoms. The molecule has 2 aromatic heterocycles. The van der Waals surface area contributed by atoms with Crippen LogP contribution < -0.4 is 0 Å². The van der Waals surface area contributed by atoms with Crippen LogP contribution in [0.3, 0.4) is 0 Å². The number of hydrogen-bond acceptors (Lipinski definition) is 8. The van der Waals surface area contributed by atoms with Crippen LogP contribution in [0, 0.1) is 17.5 Å². The predicted molar refractivity (Wildman–Crippen MR) is 108 cm³/mol. The summed E-state index contributed by atoms with van der Waals surface area (Å²) >= 11 is 11.8. The van der Waals surface area contributed by atoms with Crippen LogP contribution in [0.1, 0.15) is 10.9 Å². The molecule has 1 aromatic carbocycles. The molecule has 3 aromatic rings. The molecule has 3 N–H and O–H groups in total. The van der Waals surface area contributed by atoms with Crippen LogP contribution in [-0.2, 0) is 10.3 Å². The van der Waals surface area contributed by atoms with E-state index < -0.39 is 52.3 Å². The molecule has 13 heteroatoms. The number of aromatic nitrogens is 3. The minimum atomic E-state index is -2.39. The van der Waals surface area contributed by atoms with Crippen molar-refractivity contribution in [2.24, 2.45) is 0 Å². The van der Waals surface area contributed by atoms with Crippen LogP contribution in [-0.4, -0.2) is 53.5 Å². The van der Waals surface area contributed by atoms with Crippen LogP contribution in [0.4, 0.5) is 13.2 Å². The third kappa shape index (κ3) is 3.55. The van der Waals surface area contributed by atoms with Crippen molar-refractivity contribution in [3.05, 3.63) is 58.2 Å². The van der Waals surface area contributed by atoms with Gasteiger partial charge in [0.15, 0.2) is 28.1 Å². The Labute approximate surface area is 188 Å². The first-order valence-electron chi connectivity index (χ1n) is 8.79. The molecule has 0 amide bonds. The molecule has 7 nitrogen and oxygen atoms in total. The number of alkyl halides is 1. The van der Waals surface area contributed by atoms with Gasteiger partial charge in [0.2, 0.25) is 0 Å². The second-order valence-electron chi connectivity index (χ2n) is 6.93. The maximum atomic E-state index is 13.6. The standard InChI is InChI=1S/C18H15ClF3N3O4S2/c19-18(28)12(7-26)29-16(30)17(27,13-2-1-3-31-13)15(18)25-6-11(23-24-25)8-4-9(20)14(22)10(21)5-8/h1-6,12,15-16,26-28,30H,7H2/t12-,15-,16-,17-,18+/m1/s1. The zero-order chi connectivity index (χ0) is 22.6. The molecule has 1 aliphatic rings. The molecular formula is C18H15ClF3N3O4S2. The van der Waals surface area contributed by atoms with Crippen LogP contribution >= 0.6 is 35.6 Å². The molecule has 5 atom stereocenters. The van der Waals surface area contributed by atoms with E-state index in [0.717, 1.165) is 28.2 Å². The summed E-state index contributed by atoms with van der Waals surface area (Å²) in [6, 6.07) is 3.18. The van der Waals surface area contributed by atoms with Gasteiger partial charge in [-0.25, -0.2) is 17.9 Å². The summed E-state index contributed by atoms with van der Waals surface area (Å²) in [7, 11) is 0. The summed E-state index contributed by atoms with van der Waals surface area (Å²) in [6.45, 7) is -0.704. The molecule has 1 aliphatic heterocycles. The van der Waals surface area contributed by atoms with Gasteiger partial charge in [-0.05, 0) is 23.6 Å². The summed E-state index contributed by atoms with van der Waals surface area (Å²) in [5.41, 5.74) is -3.50. The second-order valence-corrected chi connectivity index (χ2v) is 8.95. The molecule has 0 radical (unpaired) electrons. The molecule has 4 rings (SSSR count). The van der Waals surface area contributed by atoms with Gasteiger partial charge in [0.1, 0.15) is 23.3 Å². The van der Waals surface area contributed by atoms with Crippen molar-refractivity contribution in [2.45, 2.75) is 28.2 Å². The first-order valence-corrected chi connectivity index (χ1v) is 10.6. The number of aliphatic hydroxyl groups is 3. The van der Waals surface area contributed by atoms with Gasteiger partial charge in [0.05, 0.1) is 12.8 Å². The predicted octanol–water partition coefficient (Wildman–Crippen LogP) is 2.43. The number of nitrogens with zero attached hydrogens (tertiary/aromatic N) is 3. The minimum absolute atomic E-state index is 0.0819. The first-order chi connectivity index (χ1) is 14.6. The van der Waals surface area contributed by atoms with E-state index in [0.29, 0.717) is 4.88 Å². The highest BCUT2D eigenvalue weighted by atomic mass is 35.5. The van der Waals surface area contributed by atoms with Gasteiger partial charge >= 0.3 is 0 Å². The summed E-state index contributed by atoms with van der Waals surface area (Å²) in [5.74, 6) is -4.47. The Morgan fingerprint density at radius 2 is 1.94 bits per heavy atom. The van der Waals surface area contributed by atoms with Gasteiger partial charge in [-0.15, -0.1) is 29.1 Å². The normalized spacial score (nSPS) is 31.2. The lowest BCUT2D eigenvalue weighted by atomic mass is 9.83. The largest absolute Gasteiger partial charge is 0.394 e. The van der Waals surface area contributed by atoms with Gasteiger partial charge in [-0.1, -0.05) is 22.9 Å². The summed E-state index contributed by atoms with van der Waals surface area (Å²) in [5, 5.41) is 39.2. The molecule has 0 unspecified atom stereocenters. The fourth-order valence-corrected chi connectivity index (χ4v) is 5.30. The lowest BCUT2D eigenvalue weighted by Crippen LogP contribution is -2.64. The Bertz CT molecular complexity index is 1080. The third-order valence-electron chi connectivity index (χ3n) is 5.06. The van der Waals surface area contributed by atoms with Gasteiger partial charge in [0.25, 0.3) is 0 Å². The monoisotopic (exact) mass is 493 g/mol. The minimum Gasteiger partial charge on any atom is -0.394 e. The van der Waals surface area contributed by atoms with Crippen molar-refractivity contribution in [3.63, 3.8) is 0 Å². The van der Waals surface area contributed by atoms with Gasteiger partial charge in [-0.2, -0.15) is 0 Å². The van der Waals surface area contributed by atoms with E-state index in [1.807, 2.05) is 0 Å². The number of thiophene rings is 1. The fraction of sp³-hybridized carbons (Fsp3) is 0.333. The van der Waals surface area contributed by atoms with Gasteiger partial charge in [0, 0.05) is 10.4 Å². The van der Waals surface area contributed by atoms with Crippen molar-refractivity contribution in [1.29, 1.82) is 0 Å². The Hall–Kier alpha value is -1.67. The summed E-state index contributed by atoms with van der Waals surface area (Å²) in [4.78, 5) is 0.323. The van der Waals surface area contributed by atoms with E-state index in [-0.39, 0.29) is 11.3 Å². The molecule has 31 heavy (non-hydrogen) atoms. The number of ether oxygens (including phenoxy) is 1. The molecule has 0 saturated carbocycles. The van der Waals surface area contributed by atoms with Crippen molar-refractivity contribution in [1.82, 2.24) is 15.0 Å². The average Bonchev–Trinajstić information content (AvgIpc) is 3.41. The van der Waals surface area contributed by atoms with Gasteiger partial charge < -0.3 is 20.1 Å². The molecule has 0 aliphatic carbocycles. The third-order valence-corrected chi connectivity index (χ3v) is 7.03. The SMILES string of the molecule is OC[C@H]1O[C@H](S)[C@@](O)(c2cccs2)[C@@H](n2cc(-c3cc(F)c(F)c(F)c3)nn2)[C@]1(O)Cl. The van der Waals surface area contributed by atoms with Crippen LogP contribution in [0.2, 0.25) is 0 Å². The molecule has 3 heterocycles. The number of benzene rings is 1. The van der Waals surface area contributed by atoms with Crippen LogP contribution in [0.25, 0.3) is 11.3 Å². The van der Waals surface area contributed by atoms with E-state index in [2.05, 4.69) is 22.9 Å². The molecule has 166 valence electrons. The number of halogens is 4. The molecule has 1 saturated heterocycles. The van der Waals surface area contributed by atoms with Crippen LogP contribution in [0.15, 0.2) is 35.8 Å². The van der Waals surface area contributed by atoms with Crippen LogP contribution in [0.5, 0.6) is 0 Å². The number of hydrogen-bond donors (Lipinski definition) is 4. The number of rotatable bonds is 4. The summed E-state index contributed by atoms with van der Waals surface area (Å²) in [6.07, 6.45) is -0.196. The maximum Gasteiger partial charge on any atom is 0.194 e.